The molecule has 0 saturated carbocycles. The number of rotatable bonds is 74. The van der Waals surface area contributed by atoms with E-state index in [4.69, 9.17) is 4.74 Å². The first kappa shape index (κ1) is 83.3. The van der Waals surface area contributed by atoms with Crippen LogP contribution in [0.5, 0.6) is 0 Å². The number of allylic oxidation sites excluding steroid dienone is 4. The molecule has 504 valence electrons. The van der Waals surface area contributed by atoms with Crippen LogP contribution in [0.15, 0.2) is 24.3 Å². The van der Waals surface area contributed by atoms with Crippen LogP contribution in [0.4, 0.5) is 0 Å². The molecule has 6 heteroatoms. The number of esters is 1. The lowest BCUT2D eigenvalue weighted by molar-refractivity contribution is -0.143. The number of carbonyl (C=O) groups is 2. The third-order valence-electron chi connectivity index (χ3n) is 18.5. The van der Waals surface area contributed by atoms with Gasteiger partial charge in [0.05, 0.1) is 25.4 Å². The highest BCUT2D eigenvalue weighted by Crippen LogP contribution is 2.20. The molecule has 0 aliphatic rings. The number of aliphatic hydroxyl groups excluding tert-OH is 2. The lowest BCUT2D eigenvalue weighted by atomic mass is 10.0. The van der Waals surface area contributed by atoms with Crippen molar-refractivity contribution in [3.05, 3.63) is 24.3 Å². The molecule has 6 nitrogen and oxygen atoms in total. The summed E-state index contributed by atoms with van der Waals surface area (Å²) in [6.45, 7) is 4.96. The topological polar surface area (TPSA) is 95.9 Å². The van der Waals surface area contributed by atoms with Gasteiger partial charge < -0.3 is 20.3 Å². The minimum absolute atomic E-state index is 0.0174. The van der Waals surface area contributed by atoms with Crippen LogP contribution in [0.1, 0.15) is 444 Å². The fraction of sp³-hybridized carbons (Fsp3) is 0.924. The maximum absolute atomic E-state index is 12.5. The van der Waals surface area contributed by atoms with Crippen molar-refractivity contribution in [2.45, 2.75) is 456 Å². The van der Waals surface area contributed by atoms with Gasteiger partial charge in [-0.1, -0.05) is 398 Å². The average molecular weight is 1200 g/mol. The van der Waals surface area contributed by atoms with E-state index in [0.717, 1.165) is 51.4 Å². The molecule has 0 heterocycles. The second kappa shape index (κ2) is 74.8. The van der Waals surface area contributed by atoms with Crippen LogP contribution in [-0.2, 0) is 14.3 Å². The zero-order valence-corrected chi connectivity index (χ0v) is 57.9. The Hall–Kier alpha value is -1.66. The minimum Gasteiger partial charge on any atom is -0.466 e. The van der Waals surface area contributed by atoms with Crippen LogP contribution in [0, 0.1) is 0 Å². The third-order valence-corrected chi connectivity index (χ3v) is 18.5. The van der Waals surface area contributed by atoms with Crippen LogP contribution in [-0.4, -0.2) is 47.4 Å². The summed E-state index contributed by atoms with van der Waals surface area (Å²) in [6, 6.07) is -0.535. The number of ether oxygens (including phenoxy) is 1. The van der Waals surface area contributed by atoms with E-state index < -0.39 is 12.1 Å². The van der Waals surface area contributed by atoms with E-state index in [0.29, 0.717) is 25.9 Å². The van der Waals surface area contributed by atoms with Gasteiger partial charge in [0.15, 0.2) is 0 Å². The molecule has 2 unspecified atom stereocenters. The van der Waals surface area contributed by atoms with Crippen molar-refractivity contribution >= 4 is 11.9 Å². The van der Waals surface area contributed by atoms with Crippen molar-refractivity contribution in [1.29, 1.82) is 0 Å². The van der Waals surface area contributed by atoms with Gasteiger partial charge in [-0.15, -0.1) is 0 Å². The first-order valence-corrected chi connectivity index (χ1v) is 39.1. The first-order chi connectivity index (χ1) is 42.0. The van der Waals surface area contributed by atoms with E-state index >= 15 is 0 Å². The number of aliphatic hydroxyl groups is 2. The zero-order valence-electron chi connectivity index (χ0n) is 57.9. The Morgan fingerprint density at radius 3 is 0.906 bits per heavy atom. The summed E-state index contributed by atoms with van der Waals surface area (Å²) in [4.78, 5) is 24.6. The van der Waals surface area contributed by atoms with E-state index in [1.807, 2.05) is 0 Å². The number of hydrogen-bond donors (Lipinski definition) is 3. The predicted molar refractivity (Wildman–Crippen MR) is 375 cm³/mol. The molecule has 0 rings (SSSR count). The van der Waals surface area contributed by atoms with Crippen molar-refractivity contribution in [2.24, 2.45) is 0 Å². The highest BCUT2D eigenvalue weighted by Gasteiger charge is 2.20. The molecule has 0 spiro atoms. The maximum atomic E-state index is 12.5. The summed E-state index contributed by atoms with van der Waals surface area (Å²) in [7, 11) is 0. The van der Waals surface area contributed by atoms with Crippen molar-refractivity contribution in [1.82, 2.24) is 5.32 Å². The fourth-order valence-electron chi connectivity index (χ4n) is 12.6. The summed E-state index contributed by atoms with van der Waals surface area (Å²) in [5.74, 6) is -0.00999. The Balaban J connectivity index is 3.26. The summed E-state index contributed by atoms with van der Waals surface area (Å²) < 4.78 is 5.51. The molecule has 0 aromatic carbocycles. The SMILES string of the molecule is CCCCCC/C=C\C/C=C\CCCCCCCCCC(=O)OCCCCCCCCCCCCCCCCCCCCCCCCCCCCCCCCCCCCCCCCCC(=O)NC(CO)C(O)CCCCCCCCCCCCC. The van der Waals surface area contributed by atoms with Gasteiger partial charge in [0, 0.05) is 12.8 Å². The van der Waals surface area contributed by atoms with Crippen LogP contribution >= 0.6 is 0 Å². The molecule has 0 fully saturated rings. The largest absolute Gasteiger partial charge is 0.466 e. The van der Waals surface area contributed by atoms with Gasteiger partial charge in [-0.3, -0.25) is 9.59 Å². The van der Waals surface area contributed by atoms with Crippen LogP contribution in [0.3, 0.4) is 0 Å². The Kier molecular flexibility index (Phi) is 73.3. The van der Waals surface area contributed by atoms with Gasteiger partial charge >= 0.3 is 5.97 Å². The van der Waals surface area contributed by atoms with Crippen molar-refractivity contribution in [3.8, 4) is 0 Å². The standard InChI is InChI=1S/C79H153NO5/c1-3-5-7-9-11-13-15-16-17-18-43-46-49-53-57-61-65-69-73-79(84)85-74-70-66-62-58-54-50-47-44-41-39-37-35-33-31-29-27-25-23-21-19-20-22-24-26-28-30-32-34-36-38-40-42-45-48-52-56-60-64-68-72-78(83)80-76(75-81)77(82)71-67-63-59-55-51-14-12-10-8-6-4-2/h13,15,17-18,76-77,81-82H,3-12,14,16,19-75H2,1-2H3,(H,80,83)/b15-13-,18-17-. The lowest BCUT2D eigenvalue weighted by Crippen LogP contribution is -2.45. The number of nitrogens with one attached hydrogen (secondary N) is 1. The molecule has 0 aromatic rings. The lowest BCUT2D eigenvalue weighted by Gasteiger charge is -2.22. The molecule has 0 bridgehead atoms. The van der Waals surface area contributed by atoms with E-state index in [1.54, 1.807) is 0 Å². The Morgan fingerprint density at radius 1 is 0.329 bits per heavy atom. The number of unbranched alkanes of at least 4 members (excludes halogenated alkanes) is 59. The molecule has 2 atom stereocenters. The second-order valence-electron chi connectivity index (χ2n) is 27.0. The molecule has 0 saturated heterocycles. The number of hydrogen-bond acceptors (Lipinski definition) is 5. The van der Waals surface area contributed by atoms with Gasteiger partial charge in [-0.2, -0.15) is 0 Å². The van der Waals surface area contributed by atoms with Crippen molar-refractivity contribution in [2.75, 3.05) is 13.2 Å². The fourth-order valence-corrected chi connectivity index (χ4v) is 12.6. The van der Waals surface area contributed by atoms with Gasteiger partial charge in [-0.25, -0.2) is 0 Å². The Labute approximate surface area is 532 Å². The molecule has 0 aliphatic heterocycles. The molecular weight excluding hydrogens is 1040 g/mol. The predicted octanol–water partition coefficient (Wildman–Crippen LogP) is 25.7. The summed E-state index contributed by atoms with van der Waals surface area (Å²) >= 11 is 0. The van der Waals surface area contributed by atoms with Gasteiger partial charge in [0.25, 0.3) is 0 Å². The van der Waals surface area contributed by atoms with E-state index in [1.165, 1.54) is 360 Å². The van der Waals surface area contributed by atoms with E-state index in [2.05, 4.69) is 43.5 Å². The number of carbonyl (C=O) groups excluding carboxylic acids is 2. The zero-order chi connectivity index (χ0) is 61.3. The normalized spacial score (nSPS) is 12.6. The van der Waals surface area contributed by atoms with Gasteiger partial charge in [-0.05, 0) is 57.8 Å². The van der Waals surface area contributed by atoms with Gasteiger partial charge in [0.2, 0.25) is 5.91 Å². The Morgan fingerprint density at radius 2 is 0.588 bits per heavy atom. The molecule has 0 aliphatic carbocycles. The average Bonchev–Trinajstić information content (AvgIpc) is 3.51. The monoisotopic (exact) mass is 1200 g/mol. The third kappa shape index (κ3) is 71.3. The molecule has 1 amide bonds. The number of amides is 1. The smallest absolute Gasteiger partial charge is 0.305 e. The van der Waals surface area contributed by atoms with Crippen LogP contribution < -0.4 is 5.32 Å². The Bertz CT molecular complexity index is 1330. The van der Waals surface area contributed by atoms with Crippen molar-refractivity contribution < 1.29 is 24.5 Å². The summed E-state index contributed by atoms with van der Waals surface area (Å²) in [6.07, 6.45) is 95.7. The van der Waals surface area contributed by atoms with Crippen LogP contribution in [0.25, 0.3) is 0 Å². The van der Waals surface area contributed by atoms with E-state index in [9.17, 15) is 19.8 Å². The van der Waals surface area contributed by atoms with Crippen molar-refractivity contribution in [3.63, 3.8) is 0 Å². The first-order valence-electron chi connectivity index (χ1n) is 39.1. The highest BCUT2D eigenvalue weighted by atomic mass is 16.5. The molecule has 0 aromatic heterocycles. The van der Waals surface area contributed by atoms with E-state index in [-0.39, 0.29) is 18.5 Å². The molecule has 85 heavy (non-hydrogen) atoms. The molecule has 3 N–H and O–H groups in total. The molecule has 0 radical (unpaired) electrons. The highest BCUT2D eigenvalue weighted by molar-refractivity contribution is 5.76. The summed E-state index contributed by atoms with van der Waals surface area (Å²) in [5.41, 5.74) is 0. The molecular formula is C79H153NO5. The quantitative estimate of drug-likeness (QED) is 0.0320. The second-order valence-corrected chi connectivity index (χ2v) is 27.0. The van der Waals surface area contributed by atoms with Crippen LogP contribution in [0.2, 0.25) is 0 Å². The van der Waals surface area contributed by atoms with Gasteiger partial charge in [0.1, 0.15) is 0 Å². The minimum atomic E-state index is -0.658. The maximum Gasteiger partial charge on any atom is 0.305 e. The summed E-state index contributed by atoms with van der Waals surface area (Å²) in [5, 5.41) is 23.2.